The highest BCUT2D eigenvalue weighted by Gasteiger charge is 2.09. The van der Waals surface area contributed by atoms with Crippen molar-refractivity contribution in [3.8, 4) is 34.4 Å². The number of rotatable bonds is 8. The van der Waals surface area contributed by atoms with Crippen LogP contribution >= 0.6 is 0 Å². The number of unbranched alkanes of at least 4 members (excludes halogenated alkanes) is 3. The Morgan fingerprint density at radius 3 is 2.38 bits per heavy atom. The third kappa shape index (κ3) is 4.52. The molecule has 0 radical (unpaired) electrons. The zero-order valence-electron chi connectivity index (χ0n) is 14.9. The second-order valence-corrected chi connectivity index (χ2v) is 6.20. The van der Waals surface area contributed by atoms with Crippen molar-refractivity contribution in [3.63, 3.8) is 0 Å². The molecule has 132 valence electrons. The molecule has 0 spiro atoms. The Labute approximate surface area is 154 Å². The van der Waals surface area contributed by atoms with Gasteiger partial charge in [-0.25, -0.2) is 0 Å². The highest BCUT2D eigenvalue weighted by atomic mass is 16.5. The van der Waals surface area contributed by atoms with Crippen LogP contribution in [0.15, 0.2) is 59.1 Å². The van der Waals surface area contributed by atoms with Gasteiger partial charge in [0, 0.05) is 17.2 Å². The Balaban J connectivity index is 1.62. The van der Waals surface area contributed by atoms with Crippen LogP contribution in [0.1, 0.15) is 38.2 Å². The molecule has 3 aromatic rings. The van der Waals surface area contributed by atoms with E-state index in [2.05, 4.69) is 18.1 Å². The Bertz CT molecular complexity index is 858. The van der Waals surface area contributed by atoms with Gasteiger partial charge >= 0.3 is 0 Å². The normalized spacial score (nSPS) is 10.5. The first-order valence-electron chi connectivity index (χ1n) is 9.00. The van der Waals surface area contributed by atoms with Crippen LogP contribution in [0.25, 0.3) is 22.6 Å². The highest BCUT2D eigenvalue weighted by molar-refractivity contribution is 5.67. The summed E-state index contributed by atoms with van der Waals surface area (Å²) in [5.74, 6) is 1.56. The summed E-state index contributed by atoms with van der Waals surface area (Å²) in [6.45, 7) is 2.96. The van der Waals surface area contributed by atoms with Crippen LogP contribution in [0.3, 0.4) is 0 Å². The SMILES string of the molecule is CCCCCCOc1ccc(-c2cc(-c3ccc(C#N)cc3)on2)cc1. The average Bonchev–Trinajstić information content (AvgIpc) is 3.18. The average molecular weight is 346 g/mol. The van der Waals surface area contributed by atoms with Crippen LogP contribution in [0.2, 0.25) is 0 Å². The topological polar surface area (TPSA) is 59.0 Å². The van der Waals surface area contributed by atoms with E-state index in [0.717, 1.165) is 35.6 Å². The summed E-state index contributed by atoms with van der Waals surface area (Å²) in [5, 5.41) is 13.0. The summed E-state index contributed by atoms with van der Waals surface area (Å²) in [4.78, 5) is 0. The number of aromatic nitrogens is 1. The molecule has 0 aliphatic heterocycles. The molecule has 0 saturated heterocycles. The molecule has 0 bridgehead atoms. The third-order valence-electron chi connectivity index (χ3n) is 4.23. The zero-order chi connectivity index (χ0) is 18.2. The fourth-order valence-electron chi connectivity index (χ4n) is 2.70. The van der Waals surface area contributed by atoms with Gasteiger partial charge in [-0.3, -0.25) is 0 Å². The molecule has 0 fully saturated rings. The quantitative estimate of drug-likeness (QED) is 0.481. The van der Waals surface area contributed by atoms with Crippen molar-refractivity contribution < 1.29 is 9.26 Å². The van der Waals surface area contributed by atoms with E-state index in [1.807, 2.05) is 42.5 Å². The molecule has 3 rings (SSSR count). The molecule has 0 aliphatic rings. The Morgan fingerprint density at radius 2 is 1.69 bits per heavy atom. The molecule has 4 heteroatoms. The standard InChI is InChI=1S/C22H22N2O2/c1-2-3-4-5-14-25-20-12-10-18(11-13-20)21-15-22(26-24-21)19-8-6-17(16-23)7-9-19/h6-13,15H,2-5,14H2,1H3. The van der Waals surface area contributed by atoms with Gasteiger partial charge in [0.1, 0.15) is 11.4 Å². The van der Waals surface area contributed by atoms with Gasteiger partial charge < -0.3 is 9.26 Å². The van der Waals surface area contributed by atoms with Crippen molar-refractivity contribution in [1.82, 2.24) is 5.16 Å². The van der Waals surface area contributed by atoms with E-state index >= 15 is 0 Å². The lowest BCUT2D eigenvalue weighted by Gasteiger charge is -2.06. The lowest BCUT2D eigenvalue weighted by Crippen LogP contribution is -1.96. The van der Waals surface area contributed by atoms with Crippen molar-refractivity contribution >= 4 is 0 Å². The second-order valence-electron chi connectivity index (χ2n) is 6.20. The van der Waals surface area contributed by atoms with E-state index in [9.17, 15) is 0 Å². The maximum atomic E-state index is 8.87. The third-order valence-corrected chi connectivity index (χ3v) is 4.23. The van der Waals surface area contributed by atoms with E-state index in [4.69, 9.17) is 14.5 Å². The van der Waals surface area contributed by atoms with Gasteiger partial charge in [0.2, 0.25) is 0 Å². The van der Waals surface area contributed by atoms with Crippen LogP contribution in [0.5, 0.6) is 5.75 Å². The molecule has 0 unspecified atom stereocenters. The van der Waals surface area contributed by atoms with Gasteiger partial charge in [-0.1, -0.05) is 31.3 Å². The monoisotopic (exact) mass is 346 g/mol. The number of hydrogen-bond acceptors (Lipinski definition) is 4. The lowest BCUT2D eigenvalue weighted by molar-refractivity contribution is 0.305. The number of nitrogens with zero attached hydrogens (tertiary/aromatic N) is 2. The minimum absolute atomic E-state index is 0.624. The van der Waals surface area contributed by atoms with Gasteiger partial charge in [0.25, 0.3) is 0 Å². The van der Waals surface area contributed by atoms with Gasteiger partial charge in [0.15, 0.2) is 5.76 Å². The zero-order valence-corrected chi connectivity index (χ0v) is 14.9. The van der Waals surface area contributed by atoms with E-state index in [0.29, 0.717) is 11.3 Å². The number of ether oxygens (including phenoxy) is 1. The minimum atomic E-state index is 0.624. The van der Waals surface area contributed by atoms with Crippen molar-refractivity contribution in [1.29, 1.82) is 5.26 Å². The van der Waals surface area contributed by atoms with Crippen molar-refractivity contribution in [2.24, 2.45) is 0 Å². The maximum Gasteiger partial charge on any atom is 0.167 e. The predicted molar refractivity (Wildman–Crippen MR) is 102 cm³/mol. The summed E-state index contributed by atoms with van der Waals surface area (Å²) >= 11 is 0. The van der Waals surface area contributed by atoms with Crippen LogP contribution in [0, 0.1) is 11.3 Å². The molecule has 4 nitrogen and oxygen atoms in total. The van der Waals surface area contributed by atoms with E-state index < -0.39 is 0 Å². The van der Waals surface area contributed by atoms with Crippen LogP contribution in [0.4, 0.5) is 0 Å². The summed E-state index contributed by atoms with van der Waals surface area (Å²) in [5.41, 5.74) is 3.28. The summed E-state index contributed by atoms with van der Waals surface area (Å²) in [7, 11) is 0. The van der Waals surface area contributed by atoms with Gasteiger partial charge in [0.05, 0.1) is 18.2 Å². The molecule has 0 N–H and O–H groups in total. The fraction of sp³-hybridized carbons (Fsp3) is 0.273. The smallest absolute Gasteiger partial charge is 0.167 e. The van der Waals surface area contributed by atoms with Crippen molar-refractivity contribution in [3.05, 3.63) is 60.2 Å². The Kier molecular flexibility index (Phi) is 6.05. The first-order chi connectivity index (χ1) is 12.8. The summed E-state index contributed by atoms with van der Waals surface area (Å²) in [6, 6.07) is 19.2. The van der Waals surface area contributed by atoms with Crippen LogP contribution in [-0.2, 0) is 0 Å². The second kappa shape index (κ2) is 8.87. The van der Waals surface area contributed by atoms with Crippen LogP contribution < -0.4 is 4.74 Å². The lowest BCUT2D eigenvalue weighted by atomic mass is 10.1. The number of benzene rings is 2. The molecular weight excluding hydrogens is 324 g/mol. The predicted octanol–water partition coefficient (Wildman–Crippen LogP) is 5.84. The molecular formula is C22H22N2O2. The molecule has 0 aliphatic carbocycles. The largest absolute Gasteiger partial charge is 0.494 e. The van der Waals surface area contributed by atoms with E-state index in [1.165, 1.54) is 19.3 Å². The Hall–Kier alpha value is -3.06. The van der Waals surface area contributed by atoms with Crippen molar-refractivity contribution in [2.45, 2.75) is 32.6 Å². The number of nitriles is 1. The molecule has 0 atom stereocenters. The van der Waals surface area contributed by atoms with Crippen molar-refractivity contribution in [2.75, 3.05) is 6.61 Å². The first-order valence-corrected chi connectivity index (χ1v) is 9.00. The minimum Gasteiger partial charge on any atom is -0.494 e. The summed E-state index contributed by atoms with van der Waals surface area (Å²) < 4.78 is 11.2. The molecule has 2 aromatic carbocycles. The van der Waals surface area contributed by atoms with Gasteiger partial charge in [-0.05, 0) is 55.0 Å². The molecule has 1 heterocycles. The molecule has 0 amide bonds. The van der Waals surface area contributed by atoms with E-state index in [-0.39, 0.29) is 0 Å². The first kappa shape index (κ1) is 17.8. The molecule has 1 aromatic heterocycles. The van der Waals surface area contributed by atoms with Crippen LogP contribution in [-0.4, -0.2) is 11.8 Å². The molecule has 26 heavy (non-hydrogen) atoms. The summed E-state index contributed by atoms with van der Waals surface area (Å²) in [6.07, 6.45) is 4.80. The Morgan fingerprint density at radius 1 is 0.962 bits per heavy atom. The molecule has 0 saturated carbocycles. The van der Waals surface area contributed by atoms with Gasteiger partial charge in [-0.15, -0.1) is 0 Å². The van der Waals surface area contributed by atoms with Gasteiger partial charge in [-0.2, -0.15) is 5.26 Å². The number of hydrogen-bond donors (Lipinski definition) is 0. The highest BCUT2D eigenvalue weighted by Crippen LogP contribution is 2.27. The maximum absolute atomic E-state index is 8.87. The fourth-order valence-corrected chi connectivity index (χ4v) is 2.70. The van der Waals surface area contributed by atoms with E-state index in [1.54, 1.807) is 12.1 Å².